The Morgan fingerprint density at radius 3 is 2.74 bits per heavy atom. The third kappa shape index (κ3) is 2.85. The van der Waals surface area contributed by atoms with Crippen LogP contribution < -0.4 is 5.32 Å². The molecule has 98 valence electrons. The number of carbonyl (C=O) groups excluding carboxylic acids is 2. The first kappa shape index (κ1) is 13.4. The summed E-state index contributed by atoms with van der Waals surface area (Å²) < 4.78 is 3.78. The number of hydrogen-bond acceptors (Lipinski definition) is 5. The molecule has 1 heterocycles. The van der Waals surface area contributed by atoms with Crippen molar-refractivity contribution in [3.05, 3.63) is 40.4 Å². The smallest absolute Gasteiger partial charge is 0.269 e. The summed E-state index contributed by atoms with van der Waals surface area (Å²) in [6.07, 6.45) is 0.646. The van der Waals surface area contributed by atoms with Gasteiger partial charge in [-0.2, -0.15) is 0 Å². The number of nitrogens with zero attached hydrogens (tertiary/aromatic N) is 2. The van der Waals surface area contributed by atoms with Crippen molar-refractivity contribution in [2.75, 3.05) is 5.32 Å². The van der Waals surface area contributed by atoms with Crippen LogP contribution in [0.4, 0.5) is 5.69 Å². The van der Waals surface area contributed by atoms with Crippen molar-refractivity contribution in [1.82, 2.24) is 9.59 Å². The molecule has 1 aromatic carbocycles. The first-order chi connectivity index (χ1) is 9.13. The summed E-state index contributed by atoms with van der Waals surface area (Å²) in [5, 5.41) is 6.64. The number of aromatic nitrogens is 2. The molecule has 0 unspecified atom stereocenters. The number of rotatable bonds is 4. The minimum Gasteiger partial charge on any atom is -0.320 e. The molecule has 2 aromatic rings. The minimum absolute atomic E-state index is 0.0888. The maximum absolute atomic E-state index is 12.1. The minimum atomic E-state index is -0.277. The fourth-order valence-corrected chi connectivity index (χ4v) is 2.34. The second-order valence-corrected chi connectivity index (χ2v) is 4.71. The van der Waals surface area contributed by atoms with Gasteiger partial charge < -0.3 is 5.32 Å². The van der Waals surface area contributed by atoms with E-state index >= 15 is 0 Å². The van der Waals surface area contributed by atoms with Crippen LogP contribution in [0.5, 0.6) is 0 Å². The van der Waals surface area contributed by atoms with Crippen LogP contribution in [0.25, 0.3) is 0 Å². The van der Waals surface area contributed by atoms with Crippen LogP contribution in [0.15, 0.2) is 24.3 Å². The van der Waals surface area contributed by atoms with Crippen LogP contribution >= 0.6 is 11.5 Å². The summed E-state index contributed by atoms with van der Waals surface area (Å²) in [6.45, 7) is 3.38. The van der Waals surface area contributed by atoms with Gasteiger partial charge in [0.25, 0.3) is 5.91 Å². The molecule has 0 bridgehead atoms. The topological polar surface area (TPSA) is 72.0 Å². The number of ketones is 1. The third-order valence-electron chi connectivity index (χ3n) is 2.65. The van der Waals surface area contributed by atoms with Crippen molar-refractivity contribution < 1.29 is 9.59 Å². The van der Waals surface area contributed by atoms with Gasteiger partial charge in [-0.25, -0.2) is 0 Å². The van der Waals surface area contributed by atoms with E-state index in [1.807, 2.05) is 6.92 Å². The van der Waals surface area contributed by atoms with Gasteiger partial charge in [0.2, 0.25) is 0 Å². The number of anilines is 1. The van der Waals surface area contributed by atoms with Crippen molar-refractivity contribution in [3.8, 4) is 0 Å². The number of Topliss-reactive ketones (excluding diaryl/α,β-unsaturated/α-hetero) is 1. The lowest BCUT2D eigenvalue weighted by Gasteiger charge is -2.08. The predicted octanol–water partition coefficient (Wildman–Crippen LogP) is 2.56. The van der Waals surface area contributed by atoms with E-state index in [-0.39, 0.29) is 11.7 Å². The largest absolute Gasteiger partial charge is 0.320 e. The average molecular weight is 275 g/mol. The molecule has 0 saturated carbocycles. The molecule has 6 heteroatoms. The van der Waals surface area contributed by atoms with E-state index in [9.17, 15) is 9.59 Å². The molecular formula is C13H13N3O2S. The zero-order valence-corrected chi connectivity index (χ0v) is 11.5. The maximum atomic E-state index is 12.1. The summed E-state index contributed by atoms with van der Waals surface area (Å²) in [4.78, 5) is 24.1. The summed E-state index contributed by atoms with van der Waals surface area (Å²) >= 11 is 1.06. The molecule has 0 radical (unpaired) electrons. The summed E-state index contributed by atoms with van der Waals surface area (Å²) in [5.74, 6) is -0.366. The molecule has 0 atom stereocenters. The first-order valence-electron chi connectivity index (χ1n) is 5.86. The fourth-order valence-electron chi connectivity index (χ4n) is 1.69. The molecule has 5 nitrogen and oxygen atoms in total. The van der Waals surface area contributed by atoms with Crippen molar-refractivity contribution >= 4 is 28.9 Å². The molecule has 0 aliphatic carbocycles. The van der Waals surface area contributed by atoms with Crippen LogP contribution in [-0.2, 0) is 6.42 Å². The number of hydrogen-bond donors (Lipinski definition) is 1. The summed E-state index contributed by atoms with van der Waals surface area (Å²) in [6, 6.07) is 6.92. The Morgan fingerprint density at radius 1 is 1.32 bits per heavy atom. The standard InChI is InChI=1S/C13H13N3O2S/c1-3-10-12(19-16-15-10)13(18)14-11-7-5-4-6-9(11)8(2)17/h4-7H,3H2,1-2H3,(H,14,18). The van der Waals surface area contributed by atoms with E-state index in [4.69, 9.17) is 0 Å². The molecule has 0 aliphatic rings. The van der Waals surface area contributed by atoms with Gasteiger partial charge in [-0.3, -0.25) is 9.59 Å². The van der Waals surface area contributed by atoms with Crippen LogP contribution in [-0.4, -0.2) is 21.3 Å². The highest BCUT2D eigenvalue weighted by Gasteiger charge is 2.17. The van der Waals surface area contributed by atoms with E-state index in [0.717, 1.165) is 11.5 Å². The van der Waals surface area contributed by atoms with Gasteiger partial charge in [-0.15, -0.1) is 5.10 Å². The number of carbonyl (C=O) groups is 2. The first-order valence-corrected chi connectivity index (χ1v) is 6.63. The predicted molar refractivity (Wildman–Crippen MR) is 73.7 cm³/mol. The molecule has 2 rings (SSSR count). The number of para-hydroxylation sites is 1. The lowest BCUT2D eigenvalue weighted by molar-refractivity contribution is 0.101. The molecule has 1 amide bonds. The van der Waals surface area contributed by atoms with Crippen molar-refractivity contribution in [2.24, 2.45) is 0 Å². The zero-order valence-electron chi connectivity index (χ0n) is 10.6. The zero-order chi connectivity index (χ0) is 13.8. The SMILES string of the molecule is CCc1nnsc1C(=O)Nc1ccccc1C(C)=O. The average Bonchev–Trinajstić information content (AvgIpc) is 2.87. The Hall–Kier alpha value is -2.08. The Labute approximate surface area is 114 Å². The molecule has 0 saturated heterocycles. The fraction of sp³-hybridized carbons (Fsp3) is 0.231. The second-order valence-electron chi connectivity index (χ2n) is 3.96. The molecule has 1 aromatic heterocycles. The number of aryl methyl sites for hydroxylation is 1. The highest BCUT2D eigenvalue weighted by atomic mass is 32.1. The highest BCUT2D eigenvalue weighted by molar-refractivity contribution is 7.08. The van der Waals surface area contributed by atoms with Gasteiger partial charge in [0.05, 0.1) is 11.4 Å². The molecule has 0 fully saturated rings. The van der Waals surface area contributed by atoms with Crippen LogP contribution in [0.2, 0.25) is 0 Å². The van der Waals surface area contributed by atoms with Crippen molar-refractivity contribution in [1.29, 1.82) is 0 Å². The van der Waals surface area contributed by atoms with E-state index in [2.05, 4.69) is 14.9 Å². The van der Waals surface area contributed by atoms with Gasteiger partial charge in [0.1, 0.15) is 4.88 Å². The van der Waals surface area contributed by atoms with Crippen molar-refractivity contribution in [3.63, 3.8) is 0 Å². The lowest BCUT2D eigenvalue weighted by atomic mass is 10.1. The Bertz CT molecular complexity index is 622. The maximum Gasteiger partial charge on any atom is 0.269 e. The van der Waals surface area contributed by atoms with Crippen LogP contribution in [0, 0.1) is 0 Å². The van der Waals surface area contributed by atoms with E-state index in [1.165, 1.54) is 6.92 Å². The van der Waals surface area contributed by atoms with Gasteiger partial charge in [0, 0.05) is 5.56 Å². The van der Waals surface area contributed by atoms with E-state index in [1.54, 1.807) is 24.3 Å². The third-order valence-corrected chi connectivity index (χ3v) is 3.42. The van der Waals surface area contributed by atoms with Crippen LogP contribution in [0.1, 0.15) is 39.6 Å². The molecule has 0 aliphatic heterocycles. The van der Waals surface area contributed by atoms with Gasteiger partial charge in [0.15, 0.2) is 5.78 Å². The molecular weight excluding hydrogens is 262 g/mol. The normalized spacial score (nSPS) is 10.2. The van der Waals surface area contributed by atoms with Crippen LogP contribution in [0.3, 0.4) is 0 Å². The van der Waals surface area contributed by atoms with Gasteiger partial charge in [-0.1, -0.05) is 23.5 Å². The molecule has 0 spiro atoms. The van der Waals surface area contributed by atoms with E-state index in [0.29, 0.717) is 28.2 Å². The number of benzene rings is 1. The van der Waals surface area contributed by atoms with Gasteiger partial charge in [-0.05, 0) is 37.0 Å². The summed E-state index contributed by atoms with van der Waals surface area (Å²) in [5.41, 5.74) is 1.67. The highest BCUT2D eigenvalue weighted by Crippen LogP contribution is 2.19. The van der Waals surface area contributed by atoms with E-state index < -0.39 is 0 Å². The lowest BCUT2D eigenvalue weighted by Crippen LogP contribution is -2.14. The van der Waals surface area contributed by atoms with Crippen molar-refractivity contribution in [2.45, 2.75) is 20.3 Å². The second kappa shape index (κ2) is 5.71. The molecule has 19 heavy (non-hydrogen) atoms. The number of amides is 1. The Kier molecular flexibility index (Phi) is 4.01. The quantitative estimate of drug-likeness (QED) is 0.870. The van der Waals surface area contributed by atoms with Gasteiger partial charge >= 0.3 is 0 Å². The molecule has 1 N–H and O–H groups in total. The Morgan fingerprint density at radius 2 is 2.05 bits per heavy atom. The Balaban J connectivity index is 2.27. The monoisotopic (exact) mass is 275 g/mol. The summed E-state index contributed by atoms with van der Waals surface area (Å²) in [7, 11) is 0. The number of nitrogens with one attached hydrogen (secondary N) is 1.